The summed E-state index contributed by atoms with van der Waals surface area (Å²) >= 11 is 0. The van der Waals surface area contributed by atoms with E-state index in [1.165, 1.54) is 35.9 Å². The maximum absolute atomic E-state index is 14.5. The summed E-state index contributed by atoms with van der Waals surface area (Å²) < 4.78 is 40.7. The second-order valence-electron chi connectivity index (χ2n) is 9.32. The van der Waals surface area contributed by atoms with Gasteiger partial charge in [0, 0.05) is 46.7 Å². The number of nitrogens with one attached hydrogen (secondary N) is 1. The van der Waals surface area contributed by atoms with Gasteiger partial charge in [-0.25, -0.2) is 12.8 Å². The van der Waals surface area contributed by atoms with Gasteiger partial charge < -0.3 is 9.88 Å². The van der Waals surface area contributed by atoms with E-state index >= 15 is 0 Å². The minimum Gasteiger partial charge on any atom is -0.348 e. The number of benzene rings is 3. The number of aromatic nitrogens is 1. The van der Waals surface area contributed by atoms with Gasteiger partial charge in [-0.2, -0.15) is 0 Å². The lowest BCUT2D eigenvalue weighted by Crippen LogP contribution is -2.23. The van der Waals surface area contributed by atoms with Crippen LogP contribution in [0.5, 0.6) is 0 Å². The van der Waals surface area contributed by atoms with Crippen molar-refractivity contribution < 1.29 is 17.6 Å². The predicted molar refractivity (Wildman–Crippen MR) is 142 cm³/mol. The Balaban J connectivity index is 1.56. The van der Waals surface area contributed by atoms with Crippen LogP contribution in [0.25, 0.3) is 10.9 Å². The van der Waals surface area contributed by atoms with Crippen molar-refractivity contribution >= 4 is 26.6 Å². The Morgan fingerprint density at radius 1 is 1.00 bits per heavy atom. The summed E-state index contributed by atoms with van der Waals surface area (Å²) in [5.41, 5.74) is 5.45. The number of hydrogen-bond donors (Lipinski definition) is 1. The summed E-state index contributed by atoms with van der Waals surface area (Å²) in [4.78, 5) is 12.8. The first kappa shape index (κ1) is 25.6. The molecule has 7 heteroatoms. The molecule has 1 amide bonds. The van der Waals surface area contributed by atoms with Crippen molar-refractivity contribution in [2.75, 3.05) is 5.75 Å². The summed E-state index contributed by atoms with van der Waals surface area (Å²) in [5, 5.41) is 3.72. The van der Waals surface area contributed by atoms with Gasteiger partial charge in [-0.05, 0) is 68.3 Å². The molecule has 0 bridgehead atoms. The minimum absolute atomic E-state index is 0.0410. The quantitative estimate of drug-likeness (QED) is 0.319. The largest absolute Gasteiger partial charge is 0.348 e. The summed E-state index contributed by atoms with van der Waals surface area (Å²) in [6, 6.07) is 20.1. The third-order valence-electron chi connectivity index (χ3n) is 6.53. The van der Waals surface area contributed by atoms with E-state index in [0.29, 0.717) is 5.56 Å². The Morgan fingerprint density at radius 3 is 2.42 bits per heavy atom. The number of rotatable bonds is 8. The summed E-state index contributed by atoms with van der Waals surface area (Å²) in [6.07, 6.45) is 0.796. The van der Waals surface area contributed by atoms with E-state index < -0.39 is 15.7 Å². The van der Waals surface area contributed by atoms with Crippen LogP contribution in [0.2, 0.25) is 0 Å². The lowest BCUT2D eigenvalue weighted by atomic mass is 10.0. The number of carbonyl (C=O) groups excluding carboxylic acids is 1. The zero-order chi connectivity index (χ0) is 26.0. The molecule has 36 heavy (non-hydrogen) atoms. The van der Waals surface area contributed by atoms with Crippen LogP contribution in [0.15, 0.2) is 71.6 Å². The van der Waals surface area contributed by atoms with Crippen molar-refractivity contribution in [1.82, 2.24) is 9.88 Å². The number of aryl methyl sites for hydroxylation is 1. The molecule has 0 aliphatic carbocycles. The molecule has 0 aliphatic rings. The molecule has 0 spiro atoms. The van der Waals surface area contributed by atoms with Gasteiger partial charge in [0.15, 0.2) is 9.84 Å². The molecule has 0 fully saturated rings. The number of sulfone groups is 1. The van der Waals surface area contributed by atoms with Crippen molar-refractivity contribution in [3.63, 3.8) is 0 Å². The van der Waals surface area contributed by atoms with Crippen molar-refractivity contribution in [1.29, 1.82) is 0 Å². The third kappa shape index (κ3) is 5.21. The average Bonchev–Trinajstić information content (AvgIpc) is 3.21. The van der Waals surface area contributed by atoms with Crippen molar-refractivity contribution in [2.24, 2.45) is 0 Å². The molecule has 0 unspecified atom stereocenters. The molecule has 0 saturated carbocycles. The Hall–Kier alpha value is -3.45. The van der Waals surface area contributed by atoms with Gasteiger partial charge in [-0.15, -0.1) is 0 Å². The fourth-order valence-corrected chi connectivity index (χ4v) is 5.38. The molecular formula is C29H31FN2O3S. The van der Waals surface area contributed by atoms with Gasteiger partial charge in [-0.1, -0.05) is 37.3 Å². The van der Waals surface area contributed by atoms with Gasteiger partial charge in [0.25, 0.3) is 5.91 Å². The first-order valence-corrected chi connectivity index (χ1v) is 13.7. The minimum atomic E-state index is -3.49. The lowest BCUT2D eigenvalue weighted by molar-refractivity contribution is 0.0950. The Morgan fingerprint density at radius 2 is 1.75 bits per heavy atom. The van der Waals surface area contributed by atoms with E-state index in [2.05, 4.69) is 48.9 Å². The van der Waals surface area contributed by atoms with Crippen LogP contribution in [0.1, 0.15) is 59.6 Å². The highest BCUT2D eigenvalue weighted by Gasteiger charge is 2.17. The van der Waals surface area contributed by atoms with Gasteiger partial charge in [0.2, 0.25) is 0 Å². The maximum atomic E-state index is 14.5. The van der Waals surface area contributed by atoms with Crippen LogP contribution in [-0.4, -0.2) is 24.6 Å². The Bertz CT molecular complexity index is 1540. The third-order valence-corrected chi connectivity index (χ3v) is 8.27. The van der Waals surface area contributed by atoms with Gasteiger partial charge in [0.1, 0.15) is 5.82 Å². The van der Waals surface area contributed by atoms with Gasteiger partial charge in [0.05, 0.1) is 10.6 Å². The number of amides is 1. The van der Waals surface area contributed by atoms with Crippen LogP contribution < -0.4 is 5.32 Å². The molecule has 3 aromatic carbocycles. The zero-order valence-electron chi connectivity index (χ0n) is 21.0. The van der Waals surface area contributed by atoms with Crippen molar-refractivity contribution in [2.45, 2.75) is 51.6 Å². The average molecular weight is 507 g/mol. The highest BCUT2D eigenvalue weighted by Crippen LogP contribution is 2.28. The fraction of sp³-hybridized carbons (Fsp3) is 0.276. The van der Waals surface area contributed by atoms with E-state index in [-0.39, 0.29) is 34.7 Å². The van der Waals surface area contributed by atoms with Crippen LogP contribution in [0, 0.1) is 12.7 Å². The van der Waals surface area contributed by atoms with E-state index in [0.717, 1.165) is 23.4 Å². The van der Waals surface area contributed by atoms with E-state index in [1.54, 1.807) is 6.07 Å². The second-order valence-corrected chi connectivity index (χ2v) is 11.6. The number of carbonyl (C=O) groups is 1. The lowest BCUT2D eigenvalue weighted by Gasteiger charge is -2.16. The van der Waals surface area contributed by atoms with Crippen LogP contribution in [0.4, 0.5) is 4.39 Å². The van der Waals surface area contributed by atoms with E-state index in [4.69, 9.17) is 0 Å². The molecule has 4 rings (SSSR count). The predicted octanol–water partition coefficient (Wildman–Crippen LogP) is 5.98. The number of hydrogen-bond acceptors (Lipinski definition) is 3. The van der Waals surface area contributed by atoms with Crippen molar-refractivity contribution in [3.8, 4) is 0 Å². The monoisotopic (exact) mass is 506 g/mol. The van der Waals surface area contributed by atoms with Crippen LogP contribution in [0.3, 0.4) is 0 Å². The first-order chi connectivity index (χ1) is 17.1. The maximum Gasteiger partial charge on any atom is 0.251 e. The van der Waals surface area contributed by atoms with E-state index in [9.17, 15) is 17.6 Å². The highest BCUT2D eigenvalue weighted by atomic mass is 32.2. The number of halogens is 1. The summed E-state index contributed by atoms with van der Waals surface area (Å²) in [5.74, 6) is -1.08. The smallest absolute Gasteiger partial charge is 0.251 e. The Kier molecular flexibility index (Phi) is 7.31. The first-order valence-electron chi connectivity index (χ1n) is 12.1. The summed E-state index contributed by atoms with van der Waals surface area (Å²) in [7, 11) is -3.49. The van der Waals surface area contributed by atoms with Crippen molar-refractivity contribution in [3.05, 3.63) is 100 Å². The molecule has 4 aromatic rings. The van der Waals surface area contributed by atoms with Gasteiger partial charge in [-0.3, -0.25) is 4.79 Å². The summed E-state index contributed by atoms with van der Waals surface area (Å²) in [6.45, 7) is 7.87. The molecule has 1 aromatic heterocycles. The molecule has 188 valence electrons. The SMILES string of the molecule is CCS(=O)(=O)c1ccc(CNC(=O)c2ccc3c(c2)cc(Cc2ccccc2C)n3C(C)C)c(F)c1. The molecule has 1 N–H and O–H groups in total. The van der Waals surface area contributed by atoms with Crippen LogP contribution in [-0.2, 0) is 22.8 Å². The topological polar surface area (TPSA) is 68.2 Å². The van der Waals surface area contributed by atoms with Gasteiger partial charge >= 0.3 is 0 Å². The molecule has 0 radical (unpaired) electrons. The molecule has 5 nitrogen and oxygen atoms in total. The number of nitrogens with zero attached hydrogens (tertiary/aromatic N) is 1. The zero-order valence-corrected chi connectivity index (χ0v) is 21.8. The molecular weight excluding hydrogens is 475 g/mol. The van der Waals surface area contributed by atoms with E-state index in [1.807, 2.05) is 24.3 Å². The fourth-order valence-electron chi connectivity index (χ4n) is 4.49. The Labute approximate surface area is 211 Å². The highest BCUT2D eigenvalue weighted by molar-refractivity contribution is 7.91. The molecule has 0 saturated heterocycles. The second kappa shape index (κ2) is 10.3. The van der Waals surface area contributed by atoms with Crippen LogP contribution >= 0.6 is 0 Å². The molecule has 0 aliphatic heterocycles. The molecule has 0 atom stereocenters. The standard InChI is InChI=1S/C29H31FN2O3S/c1-5-36(34,35)26-12-10-23(27(30)17-26)18-31-29(33)22-11-13-28-24(14-22)16-25(32(28)19(2)3)15-21-9-7-6-8-20(21)4/h6-14,16-17,19H,5,15,18H2,1-4H3,(H,31,33). The normalized spacial score (nSPS) is 11.8. The molecule has 1 heterocycles. The number of fused-ring (bicyclic) bond motifs is 1.